The van der Waals surface area contributed by atoms with Gasteiger partial charge >= 0.3 is 6.18 Å². The van der Waals surface area contributed by atoms with Crippen LogP contribution in [0.15, 0.2) is 36.4 Å². The molecule has 0 saturated carbocycles. The van der Waals surface area contributed by atoms with E-state index < -0.39 is 11.7 Å². The van der Waals surface area contributed by atoms with E-state index in [1.165, 1.54) is 12.1 Å². The quantitative estimate of drug-likeness (QED) is 0.600. The summed E-state index contributed by atoms with van der Waals surface area (Å²) in [6.45, 7) is 3.00. The summed E-state index contributed by atoms with van der Waals surface area (Å²) in [6.07, 6.45) is -4.48. The summed E-state index contributed by atoms with van der Waals surface area (Å²) >= 11 is 5.62. The molecule has 0 aromatic heterocycles. The molecule has 0 bridgehead atoms. The summed E-state index contributed by atoms with van der Waals surface area (Å²) in [5.41, 5.74) is 0.534. The first kappa shape index (κ1) is 21.2. The zero-order chi connectivity index (χ0) is 20.0. The van der Waals surface area contributed by atoms with E-state index >= 15 is 0 Å². The first-order chi connectivity index (χ1) is 12.8. The number of alkyl halides is 3. The van der Waals surface area contributed by atoms with E-state index in [9.17, 15) is 13.2 Å². The van der Waals surface area contributed by atoms with Gasteiger partial charge in [0.15, 0.2) is 11.5 Å². The molecule has 0 aliphatic heterocycles. The molecule has 0 amide bonds. The summed E-state index contributed by atoms with van der Waals surface area (Å²) in [4.78, 5) is 0. The minimum Gasteiger partial charge on any atom is -0.493 e. The molecule has 148 valence electrons. The SMILES string of the molecule is COc1ccc(C(C)NCCNc2ccc(Cl)c(C(F)(F)F)c2)cc1OC. The number of anilines is 1. The van der Waals surface area contributed by atoms with E-state index in [0.717, 1.165) is 11.6 Å². The predicted octanol–water partition coefficient (Wildman–Crippen LogP) is 5.14. The molecule has 0 saturated heterocycles. The summed E-state index contributed by atoms with van der Waals surface area (Å²) in [5.74, 6) is 1.29. The van der Waals surface area contributed by atoms with Gasteiger partial charge in [0.2, 0.25) is 0 Å². The Kier molecular flexibility index (Phi) is 7.21. The maximum Gasteiger partial charge on any atom is 0.417 e. The Hall–Kier alpha value is -2.12. The van der Waals surface area contributed by atoms with Crippen LogP contribution in [0.3, 0.4) is 0 Å². The van der Waals surface area contributed by atoms with Crippen molar-refractivity contribution in [1.29, 1.82) is 0 Å². The highest BCUT2D eigenvalue weighted by molar-refractivity contribution is 6.31. The molecule has 0 heterocycles. The minimum atomic E-state index is -4.48. The number of hydrogen-bond acceptors (Lipinski definition) is 4. The fourth-order valence-corrected chi connectivity index (χ4v) is 2.81. The molecule has 0 aliphatic rings. The fourth-order valence-electron chi connectivity index (χ4n) is 2.59. The lowest BCUT2D eigenvalue weighted by Crippen LogP contribution is -2.25. The van der Waals surface area contributed by atoms with Gasteiger partial charge in [0.05, 0.1) is 24.8 Å². The molecule has 1 unspecified atom stereocenters. The third-order valence-electron chi connectivity index (χ3n) is 4.08. The van der Waals surface area contributed by atoms with Gasteiger partial charge in [-0.25, -0.2) is 0 Å². The largest absolute Gasteiger partial charge is 0.493 e. The average Bonchev–Trinajstić information content (AvgIpc) is 2.64. The number of nitrogens with one attached hydrogen (secondary N) is 2. The van der Waals surface area contributed by atoms with E-state index in [1.807, 2.05) is 25.1 Å². The Morgan fingerprint density at radius 1 is 1.00 bits per heavy atom. The van der Waals surface area contributed by atoms with Crippen molar-refractivity contribution in [3.8, 4) is 11.5 Å². The molecule has 2 aromatic carbocycles. The standard InChI is InChI=1S/C19H22ClF3N2O2/c1-12(13-4-7-17(26-2)18(10-13)27-3)24-8-9-25-14-5-6-16(20)15(11-14)19(21,22)23/h4-7,10-12,24-25H,8-9H2,1-3H3. The van der Waals surface area contributed by atoms with Crippen molar-refractivity contribution >= 4 is 17.3 Å². The molecule has 0 radical (unpaired) electrons. The highest BCUT2D eigenvalue weighted by atomic mass is 35.5. The van der Waals surface area contributed by atoms with Crippen LogP contribution in [0.25, 0.3) is 0 Å². The van der Waals surface area contributed by atoms with Gasteiger partial charge < -0.3 is 20.1 Å². The van der Waals surface area contributed by atoms with Crippen molar-refractivity contribution in [3.05, 3.63) is 52.5 Å². The molecular formula is C19H22ClF3N2O2. The van der Waals surface area contributed by atoms with E-state index in [4.69, 9.17) is 21.1 Å². The Morgan fingerprint density at radius 3 is 2.33 bits per heavy atom. The maximum atomic E-state index is 12.9. The highest BCUT2D eigenvalue weighted by Crippen LogP contribution is 2.36. The summed E-state index contributed by atoms with van der Waals surface area (Å²) in [6, 6.07) is 9.46. The monoisotopic (exact) mass is 402 g/mol. The van der Waals surface area contributed by atoms with Crippen LogP contribution < -0.4 is 20.1 Å². The van der Waals surface area contributed by atoms with E-state index in [-0.39, 0.29) is 11.1 Å². The lowest BCUT2D eigenvalue weighted by molar-refractivity contribution is -0.137. The molecule has 4 nitrogen and oxygen atoms in total. The average molecular weight is 403 g/mol. The van der Waals surface area contributed by atoms with Crippen LogP contribution in [0.2, 0.25) is 5.02 Å². The van der Waals surface area contributed by atoms with Crippen molar-refractivity contribution in [2.75, 3.05) is 32.6 Å². The number of rotatable bonds is 8. The predicted molar refractivity (Wildman–Crippen MR) is 101 cm³/mol. The van der Waals surface area contributed by atoms with Gasteiger partial charge in [-0.3, -0.25) is 0 Å². The molecule has 27 heavy (non-hydrogen) atoms. The number of ether oxygens (including phenoxy) is 2. The van der Waals surface area contributed by atoms with E-state index in [2.05, 4.69) is 10.6 Å². The van der Waals surface area contributed by atoms with Gasteiger partial charge in [-0.2, -0.15) is 13.2 Å². The molecule has 2 rings (SSSR count). The molecule has 2 aromatic rings. The topological polar surface area (TPSA) is 42.5 Å². The zero-order valence-corrected chi connectivity index (χ0v) is 16.0. The lowest BCUT2D eigenvalue weighted by Gasteiger charge is -2.17. The van der Waals surface area contributed by atoms with Crippen LogP contribution in [0.5, 0.6) is 11.5 Å². The van der Waals surface area contributed by atoms with Crippen LogP contribution in [-0.2, 0) is 6.18 Å². The third kappa shape index (κ3) is 5.68. The van der Waals surface area contributed by atoms with Crippen molar-refractivity contribution in [1.82, 2.24) is 5.32 Å². The molecule has 1 atom stereocenters. The number of benzene rings is 2. The zero-order valence-electron chi connectivity index (χ0n) is 15.3. The highest BCUT2D eigenvalue weighted by Gasteiger charge is 2.33. The van der Waals surface area contributed by atoms with Crippen LogP contribution in [0, 0.1) is 0 Å². The van der Waals surface area contributed by atoms with Gasteiger partial charge in [-0.05, 0) is 42.8 Å². The van der Waals surface area contributed by atoms with E-state index in [0.29, 0.717) is 30.3 Å². The Morgan fingerprint density at radius 2 is 1.70 bits per heavy atom. The summed E-state index contributed by atoms with van der Waals surface area (Å²) in [5, 5.41) is 5.96. The van der Waals surface area contributed by atoms with Crippen molar-refractivity contribution in [3.63, 3.8) is 0 Å². The second-order valence-electron chi connectivity index (χ2n) is 5.91. The second-order valence-corrected chi connectivity index (χ2v) is 6.32. The van der Waals surface area contributed by atoms with Gasteiger partial charge in [0.25, 0.3) is 0 Å². The summed E-state index contributed by atoms with van der Waals surface area (Å²) in [7, 11) is 3.15. The smallest absolute Gasteiger partial charge is 0.417 e. The molecule has 8 heteroatoms. The molecular weight excluding hydrogens is 381 g/mol. The Balaban J connectivity index is 1.90. The minimum absolute atomic E-state index is 0.0301. The van der Waals surface area contributed by atoms with Crippen molar-refractivity contribution in [2.45, 2.75) is 19.1 Å². The third-order valence-corrected chi connectivity index (χ3v) is 4.41. The van der Waals surface area contributed by atoms with Crippen LogP contribution in [-0.4, -0.2) is 27.3 Å². The Labute approximate surface area is 161 Å². The van der Waals surface area contributed by atoms with E-state index in [1.54, 1.807) is 14.2 Å². The van der Waals surface area contributed by atoms with Gasteiger partial charge in [-0.1, -0.05) is 17.7 Å². The number of halogens is 4. The lowest BCUT2D eigenvalue weighted by atomic mass is 10.1. The van der Waals surface area contributed by atoms with Gasteiger partial charge in [-0.15, -0.1) is 0 Å². The van der Waals surface area contributed by atoms with Crippen molar-refractivity contribution < 1.29 is 22.6 Å². The summed E-state index contributed by atoms with van der Waals surface area (Å²) < 4.78 is 49.2. The van der Waals surface area contributed by atoms with Gasteiger partial charge in [0, 0.05) is 24.8 Å². The van der Waals surface area contributed by atoms with Crippen LogP contribution in [0.4, 0.5) is 18.9 Å². The number of methoxy groups -OCH3 is 2. The molecule has 0 aliphatic carbocycles. The fraction of sp³-hybridized carbons (Fsp3) is 0.368. The molecule has 0 fully saturated rings. The second kappa shape index (κ2) is 9.19. The first-order valence-corrected chi connectivity index (χ1v) is 8.70. The molecule has 0 spiro atoms. The van der Waals surface area contributed by atoms with Crippen LogP contribution in [0.1, 0.15) is 24.1 Å². The van der Waals surface area contributed by atoms with Gasteiger partial charge in [0.1, 0.15) is 0 Å². The maximum absolute atomic E-state index is 12.9. The first-order valence-electron chi connectivity index (χ1n) is 8.32. The number of hydrogen-bond donors (Lipinski definition) is 2. The van der Waals surface area contributed by atoms with Crippen LogP contribution >= 0.6 is 11.6 Å². The normalized spacial score (nSPS) is 12.6. The molecule has 2 N–H and O–H groups in total. The Bertz CT molecular complexity index is 769. The van der Waals surface area contributed by atoms with Crippen molar-refractivity contribution in [2.24, 2.45) is 0 Å².